The van der Waals surface area contributed by atoms with Crippen LogP contribution in [0.3, 0.4) is 0 Å². The fourth-order valence-corrected chi connectivity index (χ4v) is 5.02. The molecule has 2 aliphatic heterocycles. The molecule has 0 aromatic heterocycles. The van der Waals surface area contributed by atoms with Crippen molar-refractivity contribution in [1.82, 2.24) is 9.80 Å². The maximum atomic E-state index is 11.5. The van der Waals surface area contributed by atoms with Crippen LogP contribution in [0.1, 0.15) is 27.9 Å². The molecule has 0 saturated carbocycles. The zero-order valence-electron chi connectivity index (χ0n) is 16.4. The minimum Gasteiger partial charge on any atom is -0.366 e. The van der Waals surface area contributed by atoms with Crippen molar-refractivity contribution in [3.63, 3.8) is 0 Å². The monoisotopic (exact) mass is 430 g/mol. The van der Waals surface area contributed by atoms with E-state index in [9.17, 15) is 4.79 Å². The average molecular weight is 431 g/mol. The second kappa shape index (κ2) is 9.05. The molecule has 2 aromatic carbocycles. The standard InChI is InChI=1S/C23H26Cl2N3O/c24-21-8-7-16(10-22(21)25)11-28-14-18-12-27(13-19(18)15-28)9-3-5-17-4-1-2-6-20(17)23(26)29/h1-2,4-8,10,18-19H,3,9,11-15H2,(H2,26,29)/t18-,19?/m0/s1. The zero-order chi connectivity index (χ0) is 20.4. The van der Waals surface area contributed by atoms with Gasteiger partial charge < -0.3 is 10.6 Å². The molecule has 4 rings (SSSR count). The van der Waals surface area contributed by atoms with Gasteiger partial charge in [-0.05, 0) is 60.5 Å². The third-order valence-electron chi connectivity index (χ3n) is 6.06. The van der Waals surface area contributed by atoms with Crippen LogP contribution in [-0.2, 0) is 6.54 Å². The molecule has 0 bridgehead atoms. The summed E-state index contributed by atoms with van der Waals surface area (Å²) in [6, 6.07) is 13.5. The molecule has 2 heterocycles. The lowest BCUT2D eigenvalue weighted by molar-refractivity contribution is 0.1000. The number of nitrogens with zero attached hydrogens (tertiary/aromatic N) is 2. The molecule has 1 unspecified atom stereocenters. The normalized spacial score (nSPS) is 22.1. The van der Waals surface area contributed by atoms with Gasteiger partial charge in [0, 0.05) is 38.3 Å². The van der Waals surface area contributed by atoms with Crippen molar-refractivity contribution in [3.8, 4) is 0 Å². The van der Waals surface area contributed by atoms with Gasteiger partial charge in [-0.2, -0.15) is 0 Å². The second-order valence-electron chi connectivity index (χ2n) is 8.17. The number of halogens is 2. The predicted octanol–water partition coefficient (Wildman–Crippen LogP) is 4.10. The molecule has 2 fully saturated rings. The first-order chi connectivity index (χ1) is 14.0. The van der Waals surface area contributed by atoms with Gasteiger partial charge in [-0.1, -0.05) is 47.5 Å². The molecule has 2 aliphatic rings. The van der Waals surface area contributed by atoms with Crippen LogP contribution in [0.5, 0.6) is 0 Å². The Morgan fingerprint density at radius 3 is 2.38 bits per heavy atom. The third-order valence-corrected chi connectivity index (χ3v) is 6.80. The molecule has 0 aliphatic carbocycles. The highest BCUT2D eigenvalue weighted by Gasteiger charge is 2.39. The molecule has 153 valence electrons. The van der Waals surface area contributed by atoms with Gasteiger partial charge in [-0.15, -0.1) is 0 Å². The molecule has 2 N–H and O–H groups in total. The minimum absolute atomic E-state index is 0.366. The fraction of sp³-hybridized carbons (Fsp3) is 0.391. The maximum absolute atomic E-state index is 11.5. The number of primary amides is 1. The first kappa shape index (κ1) is 20.7. The molecule has 2 aromatic rings. The first-order valence-corrected chi connectivity index (χ1v) is 10.9. The predicted molar refractivity (Wildman–Crippen MR) is 118 cm³/mol. The van der Waals surface area contributed by atoms with E-state index in [4.69, 9.17) is 28.9 Å². The number of likely N-dealkylation sites (tertiary alicyclic amines) is 2. The van der Waals surface area contributed by atoms with Crippen LogP contribution in [0.2, 0.25) is 10.0 Å². The van der Waals surface area contributed by atoms with Crippen molar-refractivity contribution in [2.24, 2.45) is 17.6 Å². The van der Waals surface area contributed by atoms with Crippen molar-refractivity contribution in [2.45, 2.75) is 13.0 Å². The minimum atomic E-state index is -0.366. The van der Waals surface area contributed by atoms with E-state index in [-0.39, 0.29) is 5.91 Å². The van der Waals surface area contributed by atoms with Crippen LogP contribution in [0, 0.1) is 18.3 Å². The van der Waals surface area contributed by atoms with Gasteiger partial charge in [0.25, 0.3) is 0 Å². The summed E-state index contributed by atoms with van der Waals surface area (Å²) in [6.07, 6.45) is 3.06. The van der Waals surface area contributed by atoms with Crippen molar-refractivity contribution in [1.29, 1.82) is 0 Å². The number of fused-ring (bicyclic) bond motifs is 1. The maximum Gasteiger partial charge on any atom is 0.248 e. The van der Waals surface area contributed by atoms with E-state index in [2.05, 4.69) is 22.3 Å². The van der Waals surface area contributed by atoms with Crippen LogP contribution in [0.25, 0.3) is 0 Å². The van der Waals surface area contributed by atoms with Crippen molar-refractivity contribution in [3.05, 3.63) is 75.6 Å². The summed E-state index contributed by atoms with van der Waals surface area (Å²) >= 11 is 12.2. The van der Waals surface area contributed by atoms with E-state index >= 15 is 0 Å². The summed E-state index contributed by atoms with van der Waals surface area (Å²) in [5, 5.41) is 1.24. The van der Waals surface area contributed by atoms with Gasteiger partial charge in [0.2, 0.25) is 5.91 Å². The fourth-order valence-electron chi connectivity index (χ4n) is 4.70. The topological polar surface area (TPSA) is 49.6 Å². The number of carbonyl (C=O) groups excluding carboxylic acids is 1. The summed E-state index contributed by atoms with van der Waals surface area (Å²) < 4.78 is 0. The van der Waals surface area contributed by atoms with Gasteiger partial charge >= 0.3 is 0 Å². The van der Waals surface area contributed by atoms with E-state index in [1.807, 2.05) is 30.3 Å². The highest BCUT2D eigenvalue weighted by atomic mass is 35.5. The number of rotatable bonds is 7. The summed E-state index contributed by atoms with van der Waals surface area (Å²) in [5.41, 5.74) is 8.23. The van der Waals surface area contributed by atoms with Crippen LogP contribution in [0.15, 0.2) is 42.5 Å². The highest BCUT2D eigenvalue weighted by Crippen LogP contribution is 2.33. The Bertz CT molecular complexity index is 874. The Kier molecular flexibility index (Phi) is 6.45. The summed E-state index contributed by atoms with van der Waals surface area (Å²) in [4.78, 5) is 16.6. The Hall–Kier alpha value is -1.59. The molecular formula is C23H26Cl2N3O. The number of nitrogens with two attached hydrogens (primary N) is 1. The first-order valence-electron chi connectivity index (χ1n) is 10.1. The molecule has 2 saturated heterocycles. The molecular weight excluding hydrogens is 405 g/mol. The Morgan fingerprint density at radius 2 is 1.69 bits per heavy atom. The smallest absolute Gasteiger partial charge is 0.248 e. The van der Waals surface area contributed by atoms with Crippen LogP contribution >= 0.6 is 23.2 Å². The number of carbonyl (C=O) groups is 1. The van der Waals surface area contributed by atoms with E-state index in [0.717, 1.165) is 63.1 Å². The summed E-state index contributed by atoms with van der Waals surface area (Å²) in [5.74, 6) is 1.10. The lowest BCUT2D eigenvalue weighted by atomic mass is 10.0. The summed E-state index contributed by atoms with van der Waals surface area (Å²) in [7, 11) is 0. The van der Waals surface area contributed by atoms with Crippen molar-refractivity contribution < 1.29 is 4.79 Å². The lowest BCUT2D eigenvalue weighted by Crippen LogP contribution is -2.29. The molecule has 1 amide bonds. The Balaban J connectivity index is 1.23. The largest absolute Gasteiger partial charge is 0.366 e. The van der Waals surface area contributed by atoms with Crippen molar-refractivity contribution >= 4 is 29.1 Å². The second-order valence-corrected chi connectivity index (χ2v) is 8.98. The number of hydrogen-bond acceptors (Lipinski definition) is 3. The van der Waals surface area contributed by atoms with Crippen LogP contribution < -0.4 is 5.73 Å². The van der Waals surface area contributed by atoms with Gasteiger partial charge in [0.05, 0.1) is 10.0 Å². The molecule has 1 radical (unpaired) electrons. The lowest BCUT2D eigenvalue weighted by Gasteiger charge is -2.21. The number of benzene rings is 2. The third kappa shape index (κ3) is 4.95. The quantitative estimate of drug-likeness (QED) is 0.718. The molecule has 29 heavy (non-hydrogen) atoms. The molecule has 6 heteroatoms. The van der Waals surface area contributed by atoms with E-state index in [0.29, 0.717) is 15.6 Å². The molecule has 4 nitrogen and oxygen atoms in total. The molecule has 0 spiro atoms. The van der Waals surface area contributed by atoms with Gasteiger partial charge in [0.15, 0.2) is 0 Å². The zero-order valence-corrected chi connectivity index (χ0v) is 17.9. The van der Waals surface area contributed by atoms with Crippen molar-refractivity contribution in [2.75, 3.05) is 32.7 Å². The van der Waals surface area contributed by atoms with E-state index in [1.165, 1.54) is 5.56 Å². The van der Waals surface area contributed by atoms with Gasteiger partial charge in [-0.25, -0.2) is 0 Å². The highest BCUT2D eigenvalue weighted by molar-refractivity contribution is 6.42. The van der Waals surface area contributed by atoms with Gasteiger partial charge in [-0.3, -0.25) is 9.69 Å². The van der Waals surface area contributed by atoms with E-state index < -0.39 is 0 Å². The Labute approximate surface area is 182 Å². The van der Waals surface area contributed by atoms with Crippen LogP contribution in [-0.4, -0.2) is 48.4 Å². The SMILES string of the molecule is NC(=O)c1ccccc1[CH]CCN1CC2CN(Cc3ccc(Cl)c(Cl)c3)C[C@@H]2C1. The average Bonchev–Trinajstić information content (AvgIpc) is 3.23. The van der Waals surface area contributed by atoms with Gasteiger partial charge in [0.1, 0.15) is 0 Å². The number of amides is 1. The summed E-state index contributed by atoms with van der Waals surface area (Å²) in [6.45, 7) is 6.52. The molecule has 2 atom stereocenters. The van der Waals surface area contributed by atoms with E-state index in [1.54, 1.807) is 6.07 Å². The Morgan fingerprint density at radius 1 is 1.00 bits per heavy atom. The van der Waals surface area contributed by atoms with Crippen LogP contribution in [0.4, 0.5) is 0 Å². The number of hydrogen-bond donors (Lipinski definition) is 1.